The summed E-state index contributed by atoms with van der Waals surface area (Å²) < 4.78 is 14.0. The number of hydrogen-bond donors (Lipinski definition) is 1. The summed E-state index contributed by atoms with van der Waals surface area (Å²) in [6, 6.07) is 7.04. The minimum atomic E-state index is -0.221. The zero-order valence-electron chi connectivity index (χ0n) is 12.9. The molecule has 1 aliphatic rings. The van der Waals surface area contributed by atoms with Gasteiger partial charge < -0.3 is 5.32 Å². The van der Waals surface area contributed by atoms with Gasteiger partial charge in [-0.3, -0.25) is 4.90 Å². The van der Waals surface area contributed by atoms with Crippen LogP contribution in [0.15, 0.2) is 18.2 Å². The van der Waals surface area contributed by atoms with Crippen LogP contribution in [-0.4, -0.2) is 30.6 Å². The van der Waals surface area contributed by atoms with Crippen molar-refractivity contribution >= 4 is 0 Å². The fraction of sp³-hybridized carbons (Fsp3) is 0.588. The van der Waals surface area contributed by atoms with Gasteiger partial charge in [0.25, 0.3) is 0 Å². The Balaban J connectivity index is 2.07. The van der Waals surface area contributed by atoms with Crippen molar-refractivity contribution < 1.29 is 4.39 Å². The molecule has 21 heavy (non-hydrogen) atoms. The second kappa shape index (κ2) is 7.53. The van der Waals surface area contributed by atoms with Gasteiger partial charge in [0.1, 0.15) is 5.82 Å². The Morgan fingerprint density at radius 3 is 2.90 bits per heavy atom. The molecule has 1 fully saturated rings. The third kappa shape index (κ3) is 4.52. The molecule has 1 heterocycles. The molecule has 0 radical (unpaired) electrons. The van der Waals surface area contributed by atoms with Gasteiger partial charge in [0.15, 0.2) is 0 Å². The standard InChI is InChI=1S/C17H24FN3/c1-13(2)21(11-15-4-3-7-20-10-15)12-16-8-14(9-19)5-6-17(16)18/h5-6,8,13,15,20H,3-4,7,10-12H2,1-2H3. The van der Waals surface area contributed by atoms with E-state index in [1.807, 2.05) is 0 Å². The van der Waals surface area contributed by atoms with Crippen LogP contribution < -0.4 is 5.32 Å². The third-order valence-corrected chi connectivity index (χ3v) is 4.17. The summed E-state index contributed by atoms with van der Waals surface area (Å²) in [6.45, 7) is 7.97. The number of nitriles is 1. The average molecular weight is 289 g/mol. The highest BCUT2D eigenvalue weighted by Gasteiger charge is 2.20. The second-order valence-electron chi connectivity index (χ2n) is 6.15. The predicted molar refractivity (Wildman–Crippen MR) is 82.3 cm³/mol. The first-order valence-electron chi connectivity index (χ1n) is 7.73. The maximum Gasteiger partial charge on any atom is 0.127 e. The molecule has 0 aromatic heterocycles. The first kappa shape index (κ1) is 15.9. The lowest BCUT2D eigenvalue weighted by Gasteiger charge is -2.33. The van der Waals surface area contributed by atoms with E-state index in [1.165, 1.54) is 25.0 Å². The molecule has 3 nitrogen and oxygen atoms in total. The fourth-order valence-electron chi connectivity index (χ4n) is 2.85. The summed E-state index contributed by atoms with van der Waals surface area (Å²) in [5, 5.41) is 12.4. The fourth-order valence-corrected chi connectivity index (χ4v) is 2.85. The molecule has 114 valence electrons. The van der Waals surface area contributed by atoms with Crippen LogP contribution >= 0.6 is 0 Å². The summed E-state index contributed by atoms with van der Waals surface area (Å²) in [5.74, 6) is 0.407. The van der Waals surface area contributed by atoms with E-state index < -0.39 is 0 Å². The lowest BCUT2D eigenvalue weighted by atomic mass is 9.98. The molecule has 0 saturated carbocycles. The summed E-state index contributed by atoms with van der Waals surface area (Å²) >= 11 is 0. The Hall–Kier alpha value is -1.44. The Bertz CT molecular complexity index is 501. The van der Waals surface area contributed by atoms with Crippen molar-refractivity contribution in [3.05, 3.63) is 35.1 Å². The number of piperidine rings is 1. The Morgan fingerprint density at radius 2 is 2.29 bits per heavy atom. The van der Waals surface area contributed by atoms with E-state index in [2.05, 4.69) is 30.1 Å². The Labute approximate surface area is 126 Å². The van der Waals surface area contributed by atoms with Gasteiger partial charge in [0, 0.05) is 24.7 Å². The van der Waals surface area contributed by atoms with Gasteiger partial charge in [-0.15, -0.1) is 0 Å². The van der Waals surface area contributed by atoms with Crippen LogP contribution in [-0.2, 0) is 6.54 Å². The van der Waals surface area contributed by atoms with Crippen molar-refractivity contribution in [3.63, 3.8) is 0 Å². The first-order chi connectivity index (χ1) is 10.1. The number of nitrogens with one attached hydrogen (secondary N) is 1. The lowest BCUT2D eigenvalue weighted by Crippen LogP contribution is -2.40. The highest BCUT2D eigenvalue weighted by Crippen LogP contribution is 2.18. The summed E-state index contributed by atoms with van der Waals surface area (Å²) in [4.78, 5) is 2.30. The summed E-state index contributed by atoms with van der Waals surface area (Å²) in [6.07, 6.45) is 2.45. The van der Waals surface area contributed by atoms with Crippen LogP contribution in [0.1, 0.15) is 37.8 Å². The SMILES string of the molecule is CC(C)N(Cc1cc(C#N)ccc1F)CC1CCCNC1. The highest BCUT2D eigenvalue weighted by atomic mass is 19.1. The van der Waals surface area contributed by atoms with Crippen LogP contribution in [0.2, 0.25) is 0 Å². The van der Waals surface area contributed by atoms with Crippen LogP contribution in [0, 0.1) is 23.1 Å². The normalized spacial score (nSPS) is 19.0. The lowest BCUT2D eigenvalue weighted by molar-refractivity contribution is 0.162. The number of nitrogens with zero attached hydrogens (tertiary/aromatic N) is 2. The van der Waals surface area contributed by atoms with Crippen molar-refractivity contribution in [2.75, 3.05) is 19.6 Å². The minimum Gasteiger partial charge on any atom is -0.316 e. The van der Waals surface area contributed by atoms with Crippen LogP contribution in [0.5, 0.6) is 0 Å². The largest absolute Gasteiger partial charge is 0.316 e. The predicted octanol–water partition coefficient (Wildman–Crippen LogP) is 2.91. The molecule has 1 N–H and O–H groups in total. The van der Waals surface area contributed by atoms with E-state index in [1.54, 1.807) is 6.07 Å². The number of hydrogen-bond acceptors (Lipinski definition) is 3. The molecule has 4 heteroatoms. The molecule has 1 atom stereocenters. The van der Waals surface area contributed by atoms with E-state index >= 15 is 0 Å². The molecule has 2 rings (SSSR count). The molecule has 1 unspecified atom stereocenters. The quantitative estimate of drug-likeness (QED) is 0.906. The van der Waals surface area contributed by atoms with Crippen molar-refractivity contribution in [2.24, 2.45) is 5.92 Å². The smallest absolute Gasteiger partial charge is 0.127 e. The van der Waals surface area contributed by atoms with Crippen LogP contribution in [0.25, 0.3) is 0 Å². The molecule has 0 spiro atoms. The maximum absolute atomic E-state index is 14.0. The number of rotatable bonds is 5. The van der Waals surface area contributed by atoms with E-state index in [-0.39, 0.29) is 5.82 Å². The maximum atomic E-state index is 14.0. The number of halogens is 1. The van der Waals surface area contributed by atoms with Crippen LogP contribution in [0.3, 0.4) is 0 Å². The van der Waals surface area contributed by atoms with Crippen molar-refractivity contribution in [2.45, 2.75) is 39.3 Å². The van der Waals surface area contributed by atoms with E-state index in [0.717, 1.165) is 19.6 Å². The highest BCUT2D eigenvalue weighted by molar-refractivity contribution is 5.33. The van der Waals surface area contributed by atoms with Gasteiger partial charge >= 0.3 is 0 Å². The molecule has 1 aromatic carbocycles. The minimum absolute atomic E-state index is 0.221. The van der Waals surface area contributed by atoms with Crippen molar-refractivity contribution in [1.29, 1.82) is 5.26 Å². The second-order valence-corrected chi connectivity index (χ2v) is 6.15. The topological polar surface area (TPSA) is 39.1 Å². The van der Waals surface area contributed by atoms with Crippen molar-refractivity contribution in [3.8, 4) is 6.07 Å². The Kier molecular flexibility index (Phi) is 5.72. The molecule has 0 aliphatic carbocycles. The van der Waals surface area contributed by atoms with Gasteiger partial charge in [-0.05, 0) is 63.9 Å². The molecule has 1 saturated heterocycles. The van der Waals surface area contributed by atoms with E-state index in [4.69, 9.17) is 5.26 Å². The zero-order chi connectivity index (χ0) is 15.2. The molecule has 0 amide bonds. The summed E-state index contributed by atoms with van der Waals surface area (Å²) in [7, 11) is 0. The van der Waals surface area contributed by atoms with Gasteiger partial charge in [-0.2, -0.15) is 5.26 Å². The number of benzene rings is 1. The molecule has 1 aliphatic heterocycles. The van der Waals surface area contributed by atoms with Gasteiger partial charge in [-0.1, -0.05) is 0 Å². The molecule has 1 aromatic rings. The Morgan fingerprint density at radius 1 is 1.48 bits per heavy atom. The third-order valence-electron chi connectivity index (χ3n) is 4.17. The molecular formula is C17H24FN3. The molecule has 0 bridgehead atoms. The van der Waals surface area contributed by atoms with Gasteiger partial charge in [0.05, 0.1) is 11.6 Å². The van der Waals surface area contributed by atoms with Gasteiger partial charge in [-0.25, -0.2) is 4.39 Å². The van der Waals surface area contributed by atoms with E-state index in [0.29, 0.717) is 29.6 Å². The monoisotopic (exact) mass is 289 g/mol. The van der Waals surface area contributed by atoms with E-state index in [9.17, 15) is 4.39 Å². The summed E-state index contributed by atoms with van der Waals surface area (Å²) in [5.41, 5.74) is 1.14. The van der Waals surface area contributed by atoms with Gasteiger partial charge in [0.2, 0.25) is 0 Å². The molecular weight excluding hydrogens is 265 g/mol. The first-order valence-corrected chi connectivity index (χ1v) is 7.73. The average Bonchev–Trinajstić information content (AvgIpc) is 2.49. The van der Waals surface area contributed by atoms with Crippen LogP contribution in [0.4, 0.5) is 4.39 Å². The van der Waals surface area contributed by atoms with Crippen molar-refractivity contribution in [1.82, 2.24) is 10.2 Å². The zero-order valence-corrected chi connectivity index (χ0v) is 12.9.